The molecule has 33 heavy (non-hydrogen) atoms. The molecular formula is C25H36N4O3S. The van der Waals surface area contributed by atoms with E-state index in [2.05, 4.69) is 4.57 Å². The summed E-state index contributed by atoms with van der Waals surface area (Å²) in [6.45, 7) is 4.52. The van der Waals surface area contributed by atoms with Gasteiger partial charge in [-0.3, -0.25) is 4.79 Å². The fourth-order valence-electron chi connectivity index (χ4n) is 6.02. The highest BCUT2D eigenvalue weighted by Crippen LogP contribution is 2.34. The average molecular weight is 473 g/mol. The zero-order valence-corrected chi connectivity index (χ0v) is 20.5. The summed E-state index contributed by atoms with van der Waals surface area (Å²) < 4.78 is 30.6. The van der Waals surface area contributed by atoms with Crippen molar-refractivity contribution in [2.24, 2.45) is 5.92 Å². The molecule has 0 N–H and O–H groups in total. The summed E-state index contributed by atoms with van der Waals surface area (Å²) >= 11 is 0. The molecule has 180 valence electrons. The lowest BCUT2D eigenvalue weighted by Gasteiger charge is -2.33. The number of imidazole rings is 1. The van der Waals surface area contributed by atoms with E-state index in [1.807, 2.05) is 17.9 Å². The van der Waals surface area contributed by atoms with E-state index >= 15 is 0 Å². The van der Waals surface area contributed by atoms with Crippen LogP contribution in [0.15, 0.2) is 23.1 Å². The Morgan fingerprint density at radius 2 is 1.58 bits per heavy atom. The van der Waals surface area contributed by atoms with Gasteiger partial charge in [-0.05, 0) is 63.6 Å². The number of benzene rings is 1. The topological polar surface area (TPSA) is 75.5 Å². The summed E-state index contributed by atoms with van der Waals surface area (Å²) in [6, 6.07) is 5.87. The van der Waals surface area contributed by atoms with Crippen molar-refractivity contribution < 1.29 is 13.2 Å². The number of hydrogen-bond acceptors (Lipinski definition) is 4. The van der Waals surface area contributed by atoms with Crippen molar-refractivity contribution in [2.75, 3.05) is 26.2 Å². The quantitative estimate of drug-likeness (QED) is 0.666. The maximum Gasteiger partial charge on any atom is 0.243 e. The summed E-state index contributed by atoms with van der Waals surface area (Å²) in [6.07, 6.45) is 10.6. The van der Waals surface area contributed by atoms with Crippen molar-refractivity contribution in [1.29, 1.82) is 0 Å². The molecule has 0 unspecified atom stereocenters. The molecule has 0 spiro atoms. The first-order chi connectivity index (χ1) is 15.9. The van der Waals surface area contributed by atoms with Crippen LogP contribution in [-0.2, 0) is 14.8 Å². The highest BCUT2D eigenvalue weighted by Gasteiger charge is 2.34. The van der Waals surface area contributed by atoms with Gasteiger partial charge in [-0.15, -0.1) is 0 Å². The van der Waals surface area contributed by atoms with Gasteiger partial charge in [0.25, 0.3) is 0 Å². The van der Waals surface area contributed by atoms with Crippen LogP contribution >= 0.6 is 0 Å². The zero-order chi connectivity index (χ0) is 23.0. The van der Waals surface area contributed by atoms with Crippen LogP contribution < -0.4 is 0 Å². The predicted molar refractivity (Wildman–Crippen MR) is 129 cm³/mol. The van der Waals surface area contributed by atoms with Gasteiger partial charge < -0.3 is 9.47 Å². The van der Waals surface area contributed by atoms with Crippen molar-refractivity contribution in [3.05, 3.63) is 24.0 Å². The first kappa shape index (κ1) is 22.8. The number of carbonyl (C=O) groups excluding carboxylic acids is 1. The number of carbonyl (C=O) groups is 1. The lowest BCUT2D eigenvalue weighted by molar-refractivity contribution is -0.136. The molecule has 0 bridgehead atoms. The van der Waals surface area contributed by atoms with E-state index in [0.717, 1.165) is 55.6 Å². The van der Waals surface area contributed by atoms with Crippen LogP contribution in [0.5, 0.6) is 0 Å². The Hall–Kier alpha value is -1.93. The van der Waals surface area contributed by atoms with Gasteiger partial charge in [0, 0.05) is 38.1 Å². The molecule has 1 saturated carbocycles. The molecule has 3 aliphatic rings. The molecule has 2 saturated heterocycles. The number of sulfonamides is 1. The van der Waals surface area contributed by atoms with Gasteiger partial charge in [0.1, 0.15) is 5.82 Å². The monoisotopic (exact) mass is 472 g/mol. The number of piperidine rings is 1. The Bertz CT molecular complexity index is 1100. The molecule has 3 fully saturated rings. The molecule has 3 heterocycles. The second-order valence-electron chi connectivity index (χ2n) is 10.0. The van der Waals surface area contributed by atoms with Crippen molar-refractivity contribution in [1.82, 2.24) is 18.8 Å². The second kappa shape index (κ2) is 9.37. The number of amides is 1. The smallest absolute Gasteiger partial charge is 0.243 e. The van der Waals surface area contributed by atoms with Crippen LogP contribution in [0.25, 0.3) is 11.0 Å². The highest BCUT2D eigenvalue weighted by atomic mass is 32.2. The third kappa shape index (κ3) is 4.44. The summed E-state index contributed by atoms with van der Waals surface area (Å²) in [5, 5.41) is 0. The van der Waals surface area contributed by atoms with Crippen LogP contribution in [0, 0.1) is 12.8 Å². The standard InChI is InChI=1S/C25H36N4O3S/c1-19-26-23-18-22(10-11-24(23)29(19)21-8-4-5-9-21)33(31,32)28-16-12-20(13-17-28)25(30)27-14-6-2-3-7-15-27/h10-11,18,20-21H,2-9,12-17H2,1H3. The largest absolute Gasteiger partial charge is 0.342 e. The minimum atomic E-state index is -3.60. The van der Waals surface area contributed by atoms with Gasteiger partial charge >= 0.3 is 0 Å². The third-order valence-electron chi connectivity index (χ3n) is 7.89. The zero-order valence-electron chi connectivity index (χ0n) is 19.7. The van der Waals surface area contributed by atoms with Gasteiger partial charge in [-0.2, -0.15) is 4.31 Å². The summed E-state index contributed by atoms with van der Waals surface area (Å²) in [5.74, 6) is 1.13. The summed E-state index contributed by atoms with van der Waals surface area (Å²) in [5.41, 5.74) is 1.78. The Kier molecular flexibility index (Phi) is 6.49. The summed E-state index contributed by atoms with van der Waals surface area (Å²) in [4.78, 5) is 20.0. The maximum absolute atomic E-state index is 13.4. The van der Waals surface area contributed by atoms with E-state index in [1.54, 1.807) is 16.4 Å². The summed E-state index contributed by atoms with van der Waals surface area (Å²) in [7, 11) is -3.60. The molecular weight excluding hydrogens is 436 g/mol. The Morgan fingerprint density at radius 3 is 2.24 bits per heavy atom. The van der Waals surface area contributed by atoms with Gasteiger partial charge in [-0.25, -0.2) is 13.4 Å². The molecule has 1 amide bonds. The fraction of sp³-hybridized carbons (Fsp3) is 0.680. The SMILES string of the molecule is Cc1nc2cc(S(=O)(=O)N3CCC(C(=O)N4CCCCCC4)CC3)ccc2n1C1CCCC1. The van der Waals surface area contributed by atoms with E-state index in [0.29, 0.717) is 36.9 Å². The number of nitrogens with zero attached hydrogens (tertiary/aromatic N) is 4. The molecule has 0 atom stereocenters. The number of hydrogen-bond donors (Lipinski definition) is 0. The normalized spacial score (nSPS) is 22.2. The first-order valence-corrected chi connectivity index (χ1v) is 14.2. The Balaban J connectivity index is 1.29. The first-order valence-electron chi connectivity index (χ1n) is 12.7. The van der Waals surface area contributed by atoms with Crippen LogP contribution in [0.2, 0.25) is 0 Å². The van der Waals surface area contributed by atoms with Gasteiger partial charge in [-0.1, -0.05) is 25.7 Å². The molecule has 0 radical (unpaired) electrons. The fourth-order valence-corrected chi connectivity index (χ4v) is 7.51. The number of fused-ring (bicyclic) bond motifs is 1. The number of aryl methyl sites for hydroxylation is 1. The van der Waals surface area contributed by atoms with Crippen molar-refractivity contribution in [3.63, 3.8) is 0 Å². The van der Waals surface area contributed by atoms with E-state index < -0.39 is 10.0 Å². The Morgan fingerprint density at radius 1 is 0.909 bits per heavy atom. The van der Waals surface area contributed by atoms with Crippen molar-refractivity contribution in [3.8, 4) is 0 Å². The highest BCUT2D eigenvalue weighted by molar-refractivity contribution is 7.89. The molecule has 2 aliphatic heterocycles. The molecule has 1 aromatic heterocycles. The van der Waals surface area contributed by atoms with Gasteiger partial charge in [0.05, 0.1) is 15.9 Å². The average Bonchev–Trinajstić information content (AvgIpc) is 3.36. The molecule has 2 aromatic rings. The number of likely N-dealkylation sites (tertiary alicyclic amines) is 1. The lowest BCUT2D eigenvalue weighted by atomic mass is 9.96. The van der Waals surface area contributed by atoms with Crippen LogP contribution in [0.4, 0.5) is 0 Å². The van der Waals surface area contributed by atoms with Crippen molar-refractivity contribution >= 4 is 27.0 Å². The van der Waals surface area contributed by atoms with E-state index in [-0.39, 0.29) is 11.8 Å². The minimum absolute atomic E-state index is 0.0539. The van der Waals surface area contributed by atoms with Crippen LogP contribution in [0.3, 0.4) is 0 Å². The van der Waals surface area contributed by atoms with Crippen LogP contribution in [0.1, 0.15) is 76.1 Å². The van der Waals surface area contributed by atoms with E-state index in [4.69, 9.17) is 4.98 Å². The van der Waals surface area contributed by atoms with Gasteiger partial charge in [0.15, 0.2) is 0 Å². The van der Waals surface area contributed by atoms with Gasteiger partial charge in [0.2, 0.25) is 15.9 Å². The minimum Gasteiger partial charge on any atom is -0.342 e. The molecule has 7 nitrogen and oxygen atoms in total. The molecule has 8 heteroatoms. The van der Waals surface area contributed by atoms with Crippen molar-refractivity contribution in [2.45, 2.75) is 82.1 Å². The molecule has 1 aromatic carbocycles. The Labute approximate surface area is 197 Å². The molecule has 5 rings (SSSR count). The second-order valence-corrected chi connectivity index (χ2v) is 12.0. The number of rotatable bonds is 4. The van der Waals surface area contributed by atoms with Crippen LogP contribution in [-0.4, -0.2) is 59.3 Å². The maximum atomic E-state index is 13.4. The van der Waals surface area contributed by atoms with E-state index in [1.165, 1.54) is 25.7 Å². The molecule has 1 aliphatic carbocycles. The van der Waals surface area contributed by atoms with E-state index in [9.17, 15) is 13.2 Å². The predicted octanol–water partition coefficient (Wildman–Crippen LogP) is 4.26. The number of aromatic nitrogens is 2. The lowest BCUT2D eigenvalue weighted by Crippen LogP contribution is -2.44. The third-order valence-corrected chi connectivity index (χ3v) is 9.78.